The van der Waals surface area contributed by atoms with Crippen LogP contribution in [0.1, 0.15) is 57.3 Å². The first-order chi connectivity index (χ1) is 14.0. The fourth-order valence-electron chi connectivity index (χ4n) is 3.49. The predicted octanol–water partition coefficient (Wildman–Crippen LogP) is 3.90. The number of fused-ring (bicyclic) bond motifs is 2. The number of thiophene rings is 2. The smallest absolute Gasteiger partial charge is 0.267 e. The van der Waals surface area contributed by atoms with Gasteiger partial charge in [-0.2, -0.15) is 0 Å². The zero-order valence-electron chi connectivity index (χ0n) is 16.3. The highest BCUT2D eigenvalue weighted by Gasteiger charge is 2.28. The van der Waals surface area contributed by atoms with Crippen molar-refractivity contribution in [1.29, 1.82) is 0 Å². The van der Waals surface area contributed by atoms with E-state index in [1.807, 2.05) is 26.8 Å². The number of carbonyl (C=O) groups excluding carboxylic acids is 1. The lowest BCUT2D eigenvalue weighted by atomic mass is 10.1. The van der Waals surface area contributed by atoms with Crippen LogP contribution in [0.2, 0.25) is 0 Å². The minimum Gasteiger partial charge on any atom is -0.267 e. The van der Waals surface area contributed by atoms with Crippen molar-refractivity contribution in [3.8, 4) is 0 Å². The van der Waals surface area contributed by atoms with Crippen molar-refractivity contribution >= 4 is 49.0 Å². The van der Waals surface area contributed by atoms with E-state index < -0.39 is 0 Å². The summed E-state index contributed by atoms with van der Waals surface area (Å²) < 4.78 is 1.16. The van der Waals surface area contributed by atoms with Gasteiger partial charge in [-0.25, -0.2) is 19.6 Å². The van der Waals surface area contributed by atoms with Gasteiger partial charge in [0.05, 0.1) is 16.0 Å². The van der Waals surface area contributed by atoms with Gasteiger partial charge in [0.2, 0.25) is 0 Å². The molecule has 5 rings (SSSR count). The molecule has 29 heavy (non-hydrogen) atoms. The van der Waals surface area contributed by atoms with E-state index in [4.69, 9.17) is 0 Å². The number of carbonyl (C=O) groups is 1. The number of hydrogen-bond donors (Lipinski definition) is 1. The minimum absolute atomic E-state index is 0.273. The van der Waals surface area contributed by atoms with Crippen LogP contribution >= 0.6 is 22.7 Å². The Kier molecular flexibility index (Phi) is 4.25. The molecule has 0 atom stereocenters. The molecule has 4 aromatic heterocycles. The average Bonchev–Trinajstić information content (AvgIpc) is 3.37. The highest BCUT2D eigenvalue weighted by Crippen LogP contribution is 2.40. The number of nitrogens with zero attached hydrogens (tertiary/aromatic N) is 4. The molecule has 1 aliphatic carbocycles. The van der Waals surface area contributed by atoms with Gasteiger partial charge < -0.3 is 0 Å². The van der Waals surface area contributed by atoms with Crippen LogP contribution in [0.25, 0.3) is 20.4 Å². The van der Waals surface area contributed by atoms with Gasteiger partial charge in [0, 0.05) is 16.2 Å². The molecular weight excluding hydrogens is 406 g/mol. The van der Waals surface area contributed by atoms with E-state index in [1.54, 1.807) is 0 Å². The van der Waals surface area contributed by atoms with E-state index in [1.165, 1.54) is 29.0 Å². The number of aromatic nitrogens is 4. The molecule has 9 heteroatoms. The number of hydrogen-bond acceptors (Lipinski definition) is 7. The SMILES string of the molecule is CCc1cc2c(=O)n(NC(=O)c3sc4nc(C5CC5)nc(C)c4c3C)cnc2s1. The highest BCUT2D eigenvalue weighted by molar-refractivity contribution is 7.20. The minimum atomic E-state index is -0.341. The van der Waals surface area contributed by atoms with Crippen LogP contribution in [0.15, 0.2) is 17.2 Å². The van der Waals surface area contributed by atoms with Crippen molar-refractivity contribution in [2.75, 3.05) is 5.43 Å². The Morgan fingerprint density at radius 2 is 2.03 bits per heavy atom. The molecule has 1 aliphatic rings. The monoisotopic (exact) mass is 425 g/mol. The molecule has 0 aromatic carbocycles. The maximum atomic E-state index is 13.0. The molecule has 7 nitrogen and oxygen atoms in total. The molecule has 0 spiro atoms. The third-order valence-electron chi connectivity index (χ3n) is 5.21. The summed E-state index contributed by atoms with van der Waals surface area (Å²) >= 11 is 2.85. The molecular formula is C20H19N5O2S2. The van der Waals surface area contributed by atoms with Gasteiger partial charge in [0.1, 0.15) is 21.8 Å². The second kappa shape index (κ2) is 6.70. The first-order valence-corrected chi connectivity index (χ1v) is 11.2. The molecule has 148 valence electrons. The van der Waals surface area contributed by atoms with Gasteiger partial charge in [0.25, 0.3) is 11.5 Å². The quantitative estimate of drug-likeness (QED) is 0.535. The van der Waals surface area contributed by atoms with Gasteiger partial charge in [-0.15, -0.1) is 22.7 Å². The van der Waals surface area contributed by atoms with Crippen molar-refractivity contribution in [2.24, 2.45) is 0 Å². The second-order valence-electron chi connectivity index (χ2n) is 7.32. The summed E-state index contributed by atoms with van der Waals surface area (Å²) in [5.74, 6) is 0.984. The van der Waals surface area contributed by atoms with Crippen molar-refractivity contribution in [3.05, 3.63) is 49.6 Å². The number of amides is 1. The maximum Gasteiger partial charge on any atom is 0.280 e. The Morgan fingerprint density at radius 3 is 2.76 bits per heavy atom. The molecule has 1 amide bonds. The Morgan fingerprint density at radius 1 is 1.24 bits per heavy atom. The number of nitrogens with one attached hydrogen (secondary N) is 1. The van der Waals surface area contributed by atoms with Crippen molar-refractivity contribution < 1.29 is 4.79 Å². The van der Waals surface area contributed by atoms with Crippen LogP contribution in [-0.4, -0.2) is 25.5 Å². The van der Waals surface area contributed by atoms with Crippen molar-refractivity contribution in [2.45, 2.75) is 46.0 Å². The molecule has 1 saturated carbocycles. The zero-order chi connectivity index (χ0) is 20.3. The molecule has 4 heterocycles. The Hall–Kier alpha value is -2.65. The third kappa shape index (κ3) is 3.05. The zero-order valence-corrected chi connectivity index (χ0v) is 17.9. The van der Waals surface area contributed by atoms with Gasteiger partial charge in [-0.05, 0) is 44.7 Å². The fourth-order valence-corrected chi connectivity index (χ4v) is 5.54. The van der Waals surface area contributed by atoms with E-state index in [9.17, 15) is 9.59 Å². The lowest BCUT2D eigenvalue weighted by Crippen LogP contribution is -2.32. The highest BCUT2D eigenvalue weighted by atomic mass is 32.1. The summed E-state index contributed by atoms with van der Waals surface area (Å²) in [7, 11) is 0. The molecule has 0 unspecified atom stereocenters. The predicted molar refractivity (Wildman–Crippen MR) is 116 cm³/mol. The molecule has 0 radical (unpaired) electrons. The van der Waals surface area contributed by atoms with E-state index in [-0.39, 0.29) is 11.5 Å². The van der Waals surface area contributed by atoms with Crippen LogP contribution in [0.5, 0.6) is 0 Å². The normalized spacial score (nSPS) is 14.0. The second-order valence-corrected chi connectivity index (χ2v) is 9.44. The number of aryl methyl sites for hydroxylation is 3. The first-order valence-electron chi connectivity index (χ1n) is 9.55. The largest absolute Gasteiger partial charge is 0.280 e. The van der Waals surface area contributed by atoms with Crippen LogP contribution in [0.4, 0.5) is 0 Å². The summed E-state index contributed by atoms with van der Waals surface area (Å²) in [6, 6.07) is 1.85. The molecule has 0 saturated heterocycles. The summed E-state index contributed by atoms with van der Waals surface area (Å²) in [5.41, 5.74) is 4.15. The van der Waals surface area contributed by atoms with Crippen LogP contribution < -0.4 is 11.0 Å². The van der Waals surface area contributed by atoms with Gasteiger partial charge in [0.15, 0.2) is 0 Å². The summed E-state index contributed by atoms with van der Waals surface area (Å²) in [4.78, 5) is 42.5. The molecule has 0 aliphatic heterocycles. The first kappa shape index (κ1) is 18.4. The third-order valence-corrected chi connectivity index (χ3v) is 7.58. The molecule has 0 bridgehead atoms. The van der Waals surface area contributed by atoms with Crippen molar-refractivity contribution in [1.82, 2.24) is 19.6 Å². The Bertz CT molecular complexity index is 1350. The van der Waals surface area contributed by atoms with Crippen LogP contribution in [0, 0.1) is 13.8 Å². The number of rotatable bonds is 4. The summed E-state index contributed by atoms with van der Waals surface area (Å²) in [6.07, 6.45) is 4.47. The van der Waals surface area contributed by atoms with Crippen LogP contribution in [-0.2, 0) is 6.42 Å². The molecule has 1 fully saturated rings. The molecule has 4 aromatic rings. The van der Waals surface area contributed by atoms with Gasteiger partial charge in [-0.1, -0.05) is 6.92 Å². The van der Waals surface area contributed by atoms with E-state index >= 15 is 0 Å². The van der Waals surface area contributed by atoms with Crippen LogP contribution in [0.3, 0.4) is 0 Å². The summed E-state index contributed by atoms with van der Waals surface area (Å²) in [6.45, 7) is 5.90. The Labute approximate surface area is 174 Å². The van der Waals surface area contributed by atoms with E-state index in [0.29, 0.717) is 21.0 Å². The topological polar surface area (TPSA) is 89.8 Å². The lowest BCUT2D eigenvalue weighted by molar-refractivity contribution is 0.101. The fraction of sp³-hybridized carbons (Fsp3) is 0.350. The van der Waals surface area contributed by atoms with Gasteiger partial charge in [-0.3, -0.25) is 15.0 Å². The average molecular weight is 426 g/mol. The standard InChI is InChI=1S/C20H19N5O2S2/c1-4-12-7-13-18(28-12)21-8-25(20(13)27)24-17(26)15-9(2)14-10(3)22-16(11-5-6-11)23-19(14)29-15/h7-8,11H,4-6H2,1-3H3,(H,24,26). The van der Waals surface area contributed by atoms with Crippen molar-refractivity contribution in [3.63, 3.8) is 0 Å². The van der Waals surface area contributed by atoms with E-state index in [0.717, 1.165) is 56.1 Å². The molecule has 1 N–H and O–H groups in total. The van der Waals surface area contributed by atoms with Gasteiger partial charge >= 0.3 is 0 Å². The van der Waals surface area contributed by atoms with E-state index in [2.05, 4.69) is 20.4 Å². The summed E-state index contributed by atoms with van der Waals surface area (Å²) in [5, 5.41) is 1.45. The Balaban J connectivity index is 1.52. The maximum absolute atomic E-state index is 13.0. The lowest BCUT2D eigenvalue weighted by Gasteiger charge is -2.07.